The molecule has 0 aliphatic heterocycles. The minimum absolute atomic E-state index is 0.469. The van der Waals surface area contributed by atoms with Crippen LogP contribution in [0.4, 0.5) is 0 Å². The van der Waals surface area contributed by atoms with Gasteiger partial charge in [-0.1, -0.05) is 6.08 Å². The van der Waals surface area contributed by atoms with E-state index in [2.05, 4.69) is 29.3 Å². The third kappa shape index (κ3) is 1.84. The zero-order valence-electron chi connectivity index (χ0n) is 8.18. The average Bonchev–Trinajstić information content (AvgIpc) is 2.30. The van der Waals surface area contributed by atoms with Crippen molar-refractivity contribution in [2.45, 2.75) is 12.3 Å². The summed E-state index contributed by atoms with van der Waals surface area (Å²) in [6.45, 7) is 0. The highest BCUT2D eigenvalue weighted by molar-refractivity contribution is 5.29. The van der Waals surface area contributed by atoms with Crippen LogP contribution < -0.4 is 0 Å². The van der Waals surface area contributed by atoms with Crippen LogP contribution in [0.2, 0.25) is 0 Å². The molecule has 2 rings (SSSR count). The number of hydrogen-bond donors (Lipinski definition) is 0. The van der Waals surface area contributed by atoms with E-state index in [0.29, 0.717) is 5.92 Å². The number of pyridine rings is 1. The first-order valence-corrected chi connectivity index (χ1v) is 4.72. The maximum absolute atomic E-state index is 5.14. The molecule has 0 fully saturated rings. The fraction of sp³-hybridized carbons (Fsp3) is 0.250. The molecule has 0 bridgehead atoms. The van der Waals surface area contributed by atoms with Gasteiger partial charge in [0, 0.05) is 18.3 Å². The molecule has 0 aromatic carbocycles. The number of methoxy groups -OCH3 is 1. The van der Waals surface area contributed by atoms with Crippen molar-refractivity contribution in [2.75, 3.05) is 7.11 Å². The molecule has 1 aliphatic carbocycles. The van der Waals surface area contributed by atoms with Crippen molar-refractivity contribution in [2.24, 2.45) is 0 Å². The van der Waals surface area contributed by atoms with E-state index in [0.717, 1.165) is 12.2 Å². The van der Waals surface area contributed by atoms with Crippen LogP contribution in [0.3, 0.4) is 0 Å². The maximum atomic E-state index is 5.14. The van der Waals surface area contributed by atoms with Crippen molar-refractivity contribution in [3.05, 3.63) is 54.1 Å². The molecule has 72 valence electrons. The smallest absolute Gasteiger partial charge is 0.114 e. The molecule has 0 N–H and O–H groups in total. The lowest BCUT2D eigenvalue weighted by molar-refractivity contribution is 0.303. The minimum atomic E-state index is 0.469. The van der Waals surface area contributed by atoms with E-state index in [-0.39, 0.29) is 0 Å². The molecule has 14 heavy (non-hydrogen) atoms. The average molecular weight is 187 g/mol. The van der Waals surface area contributed by atoms with Gasteiger partial charge in [-0.2, -0.15) is 0 Å². The number of aromatic nitrogens is 1. The molecule has 0 saturated carbocycles. The van der Waals surface area contributed by atoms with Gasteiger partial charge in [0.15, 0.2) is 0 Å². The van der Waals surface area contributed by atoms with E-state index in [9.17, 15) is 0 Å². The Bertz CT molecular complexity index is 354. The second-order valence-electron chi connectivity index (χ2n) is 3.29. The number of hydrogen-bond acceptors (Lipinski definition) is 2. The number of ether oxygens (including phenoxy) is 1. The molecule has 1 aromatic heterocycles. The lowest BCUT2D eigenvalue weighted by Gasteiger charge is -2.15. The molecule has 0 spiro atoms. The first-order valence-electron chi connectivity index (χ1n) is 4.72. The standard InChI is InChI=1S/C12H13NO/c1-14-12-4-2-10(3-5-12)11-6-8-13-9-7-11/h2,4-10H,3H2,1H3. The van der Waals surface area contributed by atoms with Crippen molar-refractivity contribution >= 4 is 0 Å². The van der Waals surface area contributed by atoms with Crippen LogP contribution in [0.15, 0.2) is 48.5 Å². The summed E-state index contributed by atoms with van der Waals surface area (Å²) in [6.07, 6.45) is 11.0. The quantitative estimate of drug-likeness (QED) is 0.710. The fourth-order valence-corrected chi connectivity index (χ4v) is 1.61. The van der Waals surface area contributed by atoms with Crippen LogP contribution in [-0.2, 0) is 4.74 Å². The van der Waals surface area contributed by atoms with Crippen molar-refractivity contribution in [3.8, 4) is 0 Å². The summed E-state index contributed by atoms with van der Waals surface area (Å²) in [5, 5.41) is 0. The number of allylic oxidation sites excluding steroid dienone is 3. The lowest BCUT2D eigenvalue weighted by atomic mass is 9.93. The Hall–Kier alpha value is -1.57. The van der Waals surface area contributed by atoms with Crippen LogP contribution in [0.5, 0.6) is 0 Å². The monoisotopic (exact) mass is 187 g/mol. The van der Waals surface area contributed by atoms with Crippen LogP contribution >= 0.6 is 0 Å². The van der Waals surface area contributed by atoms with Crippen LogP contribution in [0.1, 0.15) is 17.9 Å². The second-order valence-corrected chi connectivity index (χ2v) is 3.29. The Morgan fingerprint density at radius 2 is 2.14 bits per heavy atom. The van der Waals surface area contributed by atoms with Crippen LogP contribution in [0, 0.1) is 0 Å². The predicted molar refractivity (Wildman–Crippen MR) is 55.8 cm³/mol. The van der Waals surface area contributed by atoms with E-state index < -0.39 is 0 Å². The molecular weight excluding hydrogens is 174 g/mol. The van der Waals surface area contributed by atoms with Crippen molar-refractivity contribution in [3.63, 3.8) is 0 Å². The van der Waals surface area contributed by atoms with Gasteiger partial charge in [-0.3, -0.25) is 4.98 Å². The Balaban J connectivity index is 2.11. The summed E-state index contributed by atoms with van der Waals surface area (Å²) < 4.78 is 5.14. The van der Waals surface area contributed by atoms with Gasteiger partial charge in [0.05, 0.1) is 7.11 Å². The highest BCUT2D eigenvalue weighted by atomic mass is 16.5. The largest absolute Gasteiger partial charge is 0.497 e. The zero-order chi connectivity index (χ0) is 9.80. The summed E-state index contributed by atoms with van der Waals surface area (Å²) >= 11 is 0. The van der Waals surface area contributed by atoms with E-state index in [1.165, 1.54) is 5.56 Å². The summed E-state index contributed by atoms with van der Waals surface area (Å²) in [5.41, 5.74) is 1.31. The second kappa shape index (κ2) is 4.09. The first-order chi connectivity index (χ1) is 6.90. The van der Waals surface area contributed by atoms with Crippen LogP contribution in [-0.4, -0.2) is 12.1 Å². The molecule has 0 radical (unpaired) electrons. The highest BCUT2D eigenvalue weighted by Gasteiger charge is 2.10. The lowest BCUT2D eigenvalue weighted by Crippen LogP contribution is -1.99. The van der Waals surface area contributed by atoms with E-state index >= 15 is 0 Å². The summed E-state index contributed by atoms with van der Waals surface area (Å²) in [4.78, 5) is 4.01. The molecule has 2 heteroatoms. The Morgan fingerprint density at radius 1 is 1.36 bits per heavy atom. The molecule has 0 amide bonds. The Morgan fingerprint density at radius 3 is 2.71 bits per heavy atom. The Labute approximate surface area is 83.9 Å². The van der Waals surface area contributed by atoms with Crippen LogP contribution in [0.25, 0.3) is 0 Å². The van der Waals surface area contributed by atoms with Gasteiger partial charge in [0.1, 0.15) is 5.76 Å². The fourth-order valence-electron chi connectivity index (χ4n) is 1.61. The summed E-state index contributed by atoms with van der Waals surface area (Å²) in [7, 11) is 1.70. The van der Waals surface area contributed by atoms with E-state index in [4.69, 9.17) is 4.74 Å². The molecule has 1 aromatic rings. The van der Waals surface area contributed by atoms with Gasteiger partial charge in [-0.05, 0) is 36.3 Å². The highest BCUT2D eigenvalue weighted by Crippen LogP contribution is 2.26. The van der Waals surface area contributed by atoms with Crippen molar-refractivity contribution < 1.29 is 4.74 Å². The van der Waals surface area contributed by atoms with E-state index in [1.54, 1.807) is 7.11 Å². The number of nitrogens with zero attached hydrogens (tertiary/aromatic N) is 1. The van der Waals surface area contributed by atoms with Gasteiger partial charge in [-0.15, -0.1) is 0 Å². The summed E-state index contributed by atoms with van der Waals surface area (Å²) in [5.74, 6) is 1.42. The molecule has 1 unspecified atom stereocenters. The van der Waals surface area contributed by atoms with Gasteiger partial charge in [-0.25, -0.2) is 0 Å². The SMILES string of the molecule is COC1=CCC(c2ccncc2)C=C1. The topological polar surface area (TPSA) is 22.1 Å². The Kier molecular flexibility index (Phi) is 2.63. The predicted octanol–water partition coefficient (Wildman–Crippen LogP) is 2.66. The molecule has 1 atom stereocenters. The third-order valence-corrected chi connectivity index (χ3v) is 2.44. The van der Waals surface area contributed by atoms with E-state index in [1.807, 2.05) is 18.5 Å². The third-order valence-electron chi connectivity index (χ3n) is 2.44. The number of rotatable bonds is 2. The zero-order valence-corrected chi connectivity index (χ0v) is 8.18. The van der Waals surface area contributed by atoms with Gasteiger partial charge in [0.2, 0.25) is 0 Å². The molecule has 1 aliphatic rings. The minimum Gasteiger partial charge on any atom is -0.497 e. The molecule has 1 heterocycles. The van der Waals surface area contributed by atoms with Gasteiger partial charge < -0.3 is 4.74 Å². The maximum Gasteiger partial charge on any atom is 0.114 e. The molecule has 2 nitrogen and oxygen atoms in total. The molecular formula is C12H13NO. The first kappa shape index (κ1) is 9.00. The van der Waals surface area contributed by atoms with Crippen molar-refractivity contribution in [1.29, 1.82) is 0 Å². The summed E-state index contributed by atoms with van der Waals surface area (Å²) in [6, 6.07) is 4.11. The van der Waals surface area contributed by atoms with Gasteiger partial charge in [0.25, 0.3) is 0 Å². The van der Waals surface area contributed by atoms with Crippen molar-refractivity contribution in [1.82, 2.24) is 4.98 Å². The molecule has 0 saturated heterocycles. The van der Waals surface area contributed by atoms with Gasteiger partial charge >= 0.3 is 0 Å². The normalized spacial score (nSPS) is 20.4.